The topological polar surface area (TPSA) is 70.2 Å². The molecule has 3 aromatic carbocycles. The predicted octanol–water partition coefficient (Wildman–Crippen LogP) is 7.47. The van der Waals surface area contributed by atoms with Crippen LogP contribution in [-0.4, -0.2) is 30.5 Å². The van der Waals surface area contributed by atoms with Gasteiger partial charge in [-0.2, -0.15) is 5.10 Å². The first-order valence-electron chi connectivity index (χ1n) is 11.7. The summed E-state index contributed by atoms with van der Waals surface area (Å²) in [6, 6.07) is 23.5. The van der Waals surface area contributed by atoms with Gasteiger partial charge in [0.25, 0.3) is 0 Å². The van der Waals surface area contributed by atoms with Crippen molar-refractivity contribution in [1.29, 1.82) is 0 Å². The van der Waals surface area contributed by atoms with Crippen LogP contribution < -0.4 is 0 Å². The molecule has 0 saturated heterocycles. The molecule has 0 atom stereocenters. The molecule has 3 heterocycles. The number of aryl methyl sites for hydroxylation is 2. The number of pyridine rings is 1. The molecule has 2 N–H and O–H groups in total. The molecule has 172 valence electrons. The van der Waals surface area contributed by atoms with Crippen LogP contribution in [0.1, 0.15) is 17.5 Å². The van der Waals surface area contributed by atoms with Gasteiger partial charge in [-0.15, -0.1) is 0 Å². The van der Waals surface area contributed by atoms with E-state index in [4.69, 9.17) is 4.98 Å². The van der Waals surface area contributed by atoms with E-state index in [0.717, 1.165) is 73.9 Å². The third kappa shape index (κ3) is 4.15. The zero-order valence-electron chi connectivity index (χ0n) is 19.3. The number of halogens is 1. The van der Waals surface area contributed by atoms with Gasteiger partial charge in [0.15, 0.2) is 5.82 Å². The normalized spacial score (nSPS) is 11.5. The number of nitrogens with one attached hydrogen (secondary N) is 2. The van der Waals surface area contributed by atoms with Crippen molar-refractivity contribution in [2.75, 3.05) is 5.33 Å². The Bertz CT molecular complexity index is 1660. The summed E-state index contributed by atoms with van der Waals surface area (Å²) in [7, 11) is 0. The van der Waals surface area contributed by atoms with Crippen molar-refractivity contribution < 1.29 is 0 Å². The van der Waals surface area contributed by atoms with Crippen LogP contribution in [0.2, 0.25) is 0 Å². The summed E-state index contributed by atoms with van der Waals surface area (Å²) in [4.78, 5) is 12.9. The van der Waals surface area contributed by atoms with Crippen molar-refractivity contribution in [3.63, 3.8) is 0 Å². The van der Waals surface area contributed by atoms with Crippen LogP contribution in [0.4, 0.5) is 0 Å². The van der Waals surface area contributed by atoms with Gasteiger partial charge in [0, 0.05) is 34.2 Å². The van der Waals surface area contributed by atoms with E-state index in [1.165, 1.54) is 11.1 Å². The van der Waals surface area contributed by atoms with Gasteiger partial charge in [-0.3, -0.25) is 10.1 Å². The van der Waals surface area contributed by atoms with E-state index in [0.29, 0.717) is 0 Å². The Labute approximate surface area is 211 Å². The Kier molecular flexibility index (Phi) is 5.66. The fraction of sp³-hybridized carbons (Fsp3) is 0.138. The smallest absolute Gasteiger partial charge is 0.159 e. The molecule has 0 spiro atoms. The van der Waals surface area contributed by atoms with Crippen LogP contribution in [0.5, 0.6) is 0 Å². The predicted molar refractivity (Wildman–Crippen MR) is 147 cm³/mol. The number of hydrogen-bond acceptors (Lipinski definition) is 3. The number of alkyl halides is 1. The fourth-order valence-corrected chi connectivity index (χ4v) is 4.91. The van der Waals surface area contributed by atoms with Crippen molar-refractivity contribution >= 4 is 37.9 Å². The SMILES string of the molecule is Cc1cncc(-c2ccc3[nH]nc(-c4nc5c(-c6cccc(CCCBr)c6)cccc5[nH]4)c3c2)c1. The largest absolute Gasteiger partial charge is 0.337 e. The lowest BCUT2D eigenvalue weighted by atomic mass is 10.00. The number of aromatic amines is 2. The molecule has 0 aliphatic carbocycles. The Morgan fingerprint density at radius 1 is 0.857 bits per heavy atom. The summed E-state index contributed by atoms with van der Waals surface area (Å²) < 4.78 is 0. The van der Waals surface area contributed by atoms with E-state index in [2.05, 4.69) is 110 Å². The van der Waals surface area contributed by atoms with E-state index in [1.807, 2.05) is 12.4 Å². The summed E-state index contributed by atoms with van der Waals surface area (Å²) >= 11 is 3.54. The first-order chi connectivity index (χ1) is 17.2. The number of aromatic nitrogens is 5. The highest BCUT2D eigenvalue weighted by Crippen LogP contribution is 2.33. The van der Waals surface area contributed by atoms with Crippen molar-refractivity contribution in [3.8, 4) is 33.8 Å². The number of benzene rings is 3. The first-order valence-corrected chi connectivity index (χ1v) is 12.9. The summed E-state index contributed by atoms with van der Waals surface area (Å²) in [5, 5.41) is 9.83. The average Bonchev–Trinajstić information content (AvgIpc) is 3.51. The van der Waals surface area contributed by atoms with Gasteiger partial charge < -0.3 is 4.98 Å². The minimum absolute atomic E-state index is 0.758. The molecule has 0 radical (unpaired) electrons. The molecular formula is C29H24BrN5. The summed E-state index contributed by atoms with van der Waals surface area (Å²) in [5.74, 6) is 0.758. The Morgan fingerprint density at radius 3 is 2.66 bits per heavy atom. The highest BCUT2D eigenvalue weighted by molar-refractivity contribution is 9.09. The van der Waals surface area contributed by atoms with Gasteiger partial charge in [-0.25, -0.2) is 4.98 Å². The summed E-state index contributed by atoms with van der Waals surface area (Å²) in [6.45, 7) is 2.06. The number of hydrogen-bond donors (Lipinski definition) is 2. The standard InChI is InChI=1S/C29H24BrN5/c1-18-13-22(17-31-16-18)20-10-11-25-24(15-20)28(35-34-25)29-32-26-9-3-8-23(27(26)33-29)21-7-2-5-19(14-21)6-4-12-30/h2-3,5,7-11,13-17H,4,6,12H2,1H3,(H,32,33)(H,34,35). The molecule has 0 aliphatic heterocycles. The lowest BCUT2D eigenvalue weighted by Gasteiger charge is -2.06. The molecule has 6 heteroatoms. The molecule has 6 rings (SSSR count). The number of fused-ring (bicyclic) bond motifs is 2. The highest BCUT2D eigenvalue weighted by atomic mass is 79.9. The second-order valence-electron chi connectivity index (χ2n) is 8.86. The maximum absolute atomic E-state index is 5.03. The van der Waals surface area contributed by atoms with Crippen LogP contribution >= 0.6 is 15.9 Å². The van der Waals surface area contributed by atoms with E-state index >= 15 is 0 Å². The summed E-state index contributed by atoms with van der Waals surface area (Å²) in [5.41, 5.74) is 10.7. The number of para-hydroxylation sites is 1. The third-order valence-corrected chi connectivity index (χ3v) is 6.91. The molecule has 5 nitrogen and oxygen atoms in total. The van der Waals surface area contributed by atoms with Gasteiger partial charge in [-0.05, 0) is 66.3 Å². The van der Waals surface area contributed by atoms with Crippen LogP contribution in [-0.2, 0) is 6.42 Å². The van der Waals surface area contributed by atoms with Gasteiger partial charge in [0.05, 0.1) is 16.6 Å². The number of imidazole rings is 1. The highest BCUT2D eigenvalue weighted by Gasteiger charge is 2.16. The number of rotatable bonds is 6. The van der Waals surface area contributed by atoms with Crippen molar-refractivity contribution in [3.05, 3.63) is 90.3 Å². The zero-order valence-corrected chi connectivity index (χ0v) is 20.9. The lowest BCUT2D eigenvalue weighted by molar-refractivity contribution is 0.940. The van der Waals surface area contributed by atoms with E-state index in [9.17, 15) is 0 Å². The van der Waals surface area contributed by atoms with Crippen LogP contribution in [0, 0.1) is 6.92 Å². The van der Waals surface area contributed by atoms with Gasteiger partial charge in [0.2, 0.25) is 0 Å². The number of H-pyrrole nitrogens is 2. The molecule has 0 aliphatic rings. The third-order valence-electron chi connectivity index (χ3n) is 6.35. The monoisotopic (exact) mass is 521 g/mol. The van der Waals surface area contributed by atoms with Crippen LogP contribution in [0.3, 0.4) is 0 Å². The zero-order chi connectivity index (χ0) is 23.8. The molecule has 0 bridgehead atoms. The molecule has 6 aromatic rings. The van der Waals surface area contributed by atoms with E-state index < -0.39 is 0 Å². The van der Waals surface area contributed by atoms with Gasteiger partial charge in [0.1, 0.15) is 5.69 Å². The minimum Gasteiger partial charge on any atom is -0.337 e. The number of nitrogens with zero attached hydrogens (tertiary/aromatic N) is 3. The van der Waals surface area contributed by atoms with E-state index in [1.54, 1.807) is 0 Å². The molecule has 3 aromatic heterocycles. The van der Waals surface area contributed by atoms with Crippen molar-refractivity contribution in [2.45, 2.75) is 19.8 Å². The maximum atomic E-state index is 5.03. The molecule has 0 amide bonds. The molecular weight excluding hydrogens is 498 g/mol. The second kappa shape index (κ2) is 9.12. The summed E-state index contributed by atoms with van der Waals surface area (Å²) in [6.07, 6.45) is 5.94. The molecule has 0 fully saturated rings. The second-order valence-corrected chi connectivity index (χ2v) is 9.66. The van der Waals surface area contributed by atoms with Crippen molar-refractivity contribution in [1.82, 2.24) is 25.1 Å². The van der Waals surface area contributed by atoms with Crippen molar-refractivity contribution in [2.24, 2.45) is 0 Å². The lowest BCUT2D eigenvalue weighted by Crippen LogP contribution is -1.88. The van der Waals surface area contributed by atoms with Gasteiger partial charge >= 0.3 is 0 Å². The maximum Gasteiger partial charge on any atom is 0.159 e. The van der Waals surface area contributed by atoms with Crippen LogP contribution in [0.15, 0.2) is 79.1 Å². The van der Waals surface area contributed by atoms with Gasteiger partial charge in [-0.1, -0.05) is 58.4 Å². The Balaban J connectivity index is 1.44. The Hall–Kier alpha value is -3.77. The average molecular weight is 522 g/mol. The van der Waals surface area contributed by atoms with Crippen LogP contribution in [0.25, 0.3) is 55.7 Å². The molecule has 0 saturated carbocycles. The minimum atomic E-state index is 0.758. The Morgan fingerprint density at radius 2 is 1.77 bits per heavy atom. The quantitative estimate of drug-likeness (QED) is 0.223. The van der Waals surface area contributed by atoms with E-state index in [-0.39, 0.29) is 0 Å². The molecule has 35 heavy (non-hydrogen) atoms. The fourth-order valence-electron chi connectivity index (χ4n) is 4.63. The first kappa shape index (κ1) is 21.7. The molecule has 0 unspecified atom stereocenters.